The van der Waals surface area contributed by atoms with Gasteiger partial charge in [0.15, 0.2) is 0 Å². The quantitative estimate of drug-likeness (QED) is 0.623. The Kier molecular flexibility index (Phi) is 3.69. The summed E-state index contributed by atoms with van der Waals surface area (Å²) in [4.78, 5) is 11.8. The number of carbonyl (C=O) groups excluding carboxylic acids is 1. The molecule has 1 aromatic rings. The largest absolute Gasteiger partial charge is 0.462 e. The Balaban J connectivity index is 2.95. The van der Waals surface area contributed by atoms with Gasteiger partial charge in [-0.15, -0.1) is 11.3 Å². The van der Waals surface area contributed by atoms with E-state index in [2.05, 4.69) is 0 Å². The van der Waals surface area contributed by atoms with E-state index in [0.717, 1.165) is 2.88 Å². The molecule has 0 saturated heterocycles. The predicted octanol–water partition coefficient (Wildman–Crippen LogP) is 2.40. The second-order valence-electron chi connectivity index (χ2n) is 2.13. The first-order valence-corrected chi connectivity index (χ1v) is 5.45. The molecule has 68 valence electrons. The second kappa shape index (κ2) is 4.58. The van der Waals surface area contributed by atoms with Crippen molar-refractivity contribution in [3.8, 4) is 6.07 Å². The number of esters is 1. The van der Waals surface area contributed by atoms with Gasteiger partial charge in [0.05, 0.1) is 15.1 Å². The van der Waals surface area contributed by atoms with Gasteiger partial charge in [0, 0.05) is 0 Å². The van der Waals surface area contributed by atoms with Gasteiger partial charge in [-0.1, -0.05) is 0 Å². The van der Waals surface area contributed by atoms with Crippen molar-refractivity contribution in [2.45, 2.75) is 6.92 Å². The summed E-state index contributed by atoms with van der Waals surface area (Å²) < 4.78 is 5.62. The molecule has 1 aromatic heterocycles. The van der Waals surface area contributed by atoms with E-state index in [0.29, 0.717) is 17.0 Å². The second-order valence-corrected chi connectivity index (χ2v) is 4.99. The van der Waals surface area contributed by atoms with Crippen molar-refractivity contribution >= 4 is 39.9 Å². The van der Waals surface area contributed by atoms with Crippen molar-refractivity contribution < 1.29 is 9.53 Å². The van der Waals surface area contributed by atoms with E-state index in [1.54, 1.807) is 13.0 Å². The summed E-state index contributed by atoms with van der Waals surface area (Å²) in [7, 11) is 0. The van der Waals surface area contributed by atoms with E-state index in [1.165, 1.54) is 11.3 Å². The third-order valence-electron chi connectivity index (χ3n) is 1.29. The number of nitriles is 1. The fraction of sp³-hybridized carbons (Fsp3) is 0.250. The van der Waals surface area contributed by atoms with Crippen molar-refractivity contribution in [3.63, 3.8) is 0 Å². The van der Waals surface area contributed by atoms with Crippen molar-refractivity contribution in [2.24, 2.45) is 0 Å². The molecule has 0 N–H and O–H groups in total. The lowest BCUT2D eigenvalue weighted by atomic mass is 10.3. The fourth-order valence-corrected chi connectivity index (χ4v) is 2.53. The zero-order chi connectivity index (χ0) is 9.84. The molecule has 0 aromatic carbocycles. The Hall–Kier alpha value is -0.610. The third kappa shape index (κ3) is 2.42. The highest BCUT2D eigenvalue weighted by Crippen LogP contribution is 2.24. The van der Waals surface area contributed by atoms with Crippen molar-refractivity contribution in [2.75, 3.05) is 6.61 Å². The molecular formula is C8H6INO2S. The lowest BCUT2D eigenvalue weighted by Gasteiger charge is -1.97. The van der Waals surface area contributed by atoms with Gasteiger partial charge in [-0.05, 0) is 35.6 Å². The predicted molar refractivity (Wildman–Crippen MR) is 57.7 cm³/mol. The molecule has 1 heterocycles. The maximum absolute atomic E-state index is 11.3. The molecule has 0 spiro atoms. The number of rotatable bonds is 2. The highest BCUT2D eigenvalue weighted by molar-refractivity contribution is 14.1. The summed E-state index contributed by atoms with van der Waals surface area (Å²) in [6, 6.07) is 3.55. The van der Waals surface area contributed by atoms with Crippen LogP contribution in [0.2, 0.25) is 0 Å². The minimum atomic E-state index is -0.357. The molecule has 0 unspecified atom stereocenters. The monoisotopic (exact) mass is 307 g/mol. The van der Waals surface area contributed by atoms with Gasteiger partial charge < -0.3 is 4.74 Å². The maximum atomic E-state index is 11.3. The van der Waals surface area contributed by atoms with Gasteiger partial charge >= 0.3 is 5.97 Å². The normalized spacial score (nSPS) is 9.31. The highest BCUT2D eigenvalue weighted by atomic mass is 127. The van der Waals surface area contributed by atoms with E-state index in [-0.39, 0.29) is 5.97 Å². The molecule has 0 aliphatic heterocycles. The average molecular weight is 307 g/mol. The first kappa shape index (κ1) is 10.5. The number of nitrogens with zero attached hydrogens (tertiary/aromatic N) is 1. The first-order chi connectivity index (χ1) is 6.19. The smallest absolute Gasteiger partial charge is 0.340 e. The summed E-state index contributed by atoms with van der Waals surface area (Å²) in [6.07, 6.45) is 0. The molecule has 0 fully saturated rings. The summed E-state index contributed by atoms with van der Waals surface area (Å²) >= 11 is 3.32. The number of carbonyl (C=O) groups is 1. The number of hydrogen-bond donors (Lipinski definition) is 0. The van der Waals surface area contributed by atoms with Crippen LogP contribution in [0.25, 0.3) is 0 Å². The van der Waals surface area contributed by atoms with E-state index < -0.39 is 0 Å². The van der Waals surface area contributed by atoms with E-state index in [1.807, 2.05) is 28.7 Å². The van der Waals surface area contributed by atoms with Crippen LogP contribution in [-0.2, 0) is 4.74 Å². The van der Waals surface area contributed by atoms with E-state index in [4.69, 9.17) is 10.00 Å². The molecular weight excluding hydrogens is 301 g/mol. The number of halogens is 1. The topological polar surface area (TPSA) is 50.1 Å². The molecule has 0 bridgehead atoms. The molecule has 0 atom stereocenters. The maximum Gasteiger partial charge on any atom is 0.340 e. The zero-order valence-electron chi connectivity index (χ0n) is 6.83. The summed E-state index contributed by atoms with van der Waals surface area (Å²) in [5, 5.41) is 8.59. The standard InChI is InChI=1S/C8H6INO2S/c1-2-12-8(11)6-3-5(4-10)13-7(6)9/h3H,2H2,1H3. The minimum Gasteiger partial charge on any atom is -0.462 e. The Labute approximate surface area is 93.5 Å². The van der Waals surface area contributed by atoms with Crippen molar-refractivity contribution in [1.29, 1.82) is 5.26 Å². The van der Waals surface area contributed by atoms with Crippen LogP contribution in [0.1, 0.15) is 22.2 Å². The van der Waals surface area contributed by atoms with Crippen LogP contribution in [0, 0.1) is 14.2 Å². The van der Waals surface area contributed by atoms with Crippen LogP contribution in [0.15, 0.2) is 6.07 Å². The lowest BCUT2D eigenvalue weighted by Crippen LogP contribution is -2.04. The molecule has 0 radical (unpaired) electrons. The molecule has 5 heteroatoms. The van der Waals surface area contributed by atoms with Crippen molar-refractivity contribution in [3.05, 3.63) is 19.4 Å². The number of hydrogen-bond acceptors (Lipinski definition) is 4. The van der Waals surface area contributed by atoms with E-state index in [9.17, 15) is 4.79 Å². The van der Waals surface area contributed by atoms with Crippen LogP contribution in [-0.4, -0.2) is 12.6 Å². The Morgan fingerprint density at radius 1 is 1.85 bits per heavy atom. The Morgan fingerprint density at radius 2 is 2.54 bits per heavy atom. The Bertz CT molecular complexity index is 367. The minimum absolute atomic E-state index is 0.354. The molecule has 1 rings (SSSR count). The Morgan fingerprint density at radius 3 is 3.00 bits per heavy atom. The third-order valence-corrected chi connectivity index (χ3v) is 3.36. The lowest BCUT2D eigenvalue weighted by molar-refractivity contribution is 0.0526. The van der Waals surface area contributed by atoms with Crippen LogP contribution in [0.5, 0.6) is 0 Å². The van der Waals surface area contributed by atoms with Gasteiger partial charge in [0.2, 0.25) is 0 Å². The number of ether oxygens (including phenoxy) is 1. The average Bonchev–Trinajstić information content (AvgIpc) is 2.47. The zero-order valence-corrected chi connectivity index (χ0v) is 9.81. The van der Waals surface area contributed by atoms with Gasteiger partial charge in [0.25, 0.3) is 0 Å². The SMILES string of the molecule is CCOC(=O)c1cc(C#N)sc1I. The van der Waals surface area contributed by atoms with E-state index >= 15 is 0 Å². The van der Waals surface area contributed by atoms with Crippen LogP contribution in [0.3, 0.4) is 0 Å². The van der Waals surface area contributed by atoms with Gasteiger partial charge in [-0.25, -0.2) is 4.79 Å². The summed E-state index contributed by atoms with van der Waals surface area (Å²) in [5.41, 5.74) is 0.490. The highest BCUT2D eigenvalue weighted by Gasteiger charge is 2.14. The fourth-order valence-electron chi connectivity index (χ4n) is 0.772. The molecule has 3 nitrogen and oxygen atoms in total. The molecule has 0 aliphatic rings. The van der Waals surface area contributed by atoms with Gasteiger partial charge in [-0.2, -0.15) is 5.26 Å². The first-order valence-electron chi connectivity index (χ1n) is 3.55. The molecule has 0 amide bonds. The van der Waals surface area contributed by atoms with Crippen LogP contribution < -0.4 is 0 Å². The van der Waals surface area contributed by atoms with Gasteiger partial charge in [0.1, 0.15) is 10.9 Å². The molecule has 0 saturated carbocycles. The van der Waals surface area contributed by atoms with Gasteiger partial charge in [-0.3, -0.25) is 0 Å². The summed E-state index contributed by atoms with van der Waals surface area (Å²) in [5.74, 6) is -0.357. The number of thiophene rings is 1. The van der Waals surface area contributed by atoms with Crippen LogP contribution >= 0.6 is 33.9 Å². The summed E-state index contributed by atoms with van der Waals surface area (Å²) in [6.45, 7) is 2.11. The molecule has 0 aliphatic carbocycles. The molecule has 13 heavy (non-hydrogen) atoms. The van der Waals surface area contributed by atoms with Crippen LogP contribution in [0.4, 0.5) is 0 Å². The van der Waals surface area contributed by atoms with Crippen molar-refractivity contribution in [1.82, 2.24) is 0 Å².